The minimum Gasteiger partial charge on any atom is -0.343 e. The summed E-state index contributed by atoms with van der Waals surface area (Å²) in [6.07, 6.45) is 5.79. The van der Waals surface area contributed by atoms with Crippen LogP contribution in [0.1, 0.15) is 46.1 Å². The summed E-state index contributed by atoms with van der Waals surface area (Å²) >= 11 is 0. The highest BCUT2D eigenvalue weighted by Crippen LogP contribution is 2.29. The van der Waals surface area contributed by atoms with Gasteiger partial charge in [0.1, 0.15) is 5.65 Å². The van der Waals surface area contributed by atoms with Crippen LogP contribution in [0.2, 0.25) is 0 Å². The van der Waals surface area contributed by atoms with E-state index in [2.05, 4.69) is 34.1 Å². The lowest BCUT2D eigenvalue weighted by molar-refractivity contribution is 0.0705. The third kappa shape index (κ3) is 2.92. The van der Waals surface area contributed by atoms with Crippen LogP contribution in [-0.2, 0) is 7.05 Å². The average Bonchev–Trinajstić information content (AvgIpc) is 3.16. The van der Waals surface area contributed by atoms with Gasteiger partial charge in [0.25, 0.3) is 5.91 Å². The molecule has 25 heavy (non-hydrogen) atoms. The van der Waals surface area contributed by atoms with Crippen molar-refractivity contribution in [3.63, 3.8) is 0 Å². The van der Waals surface area contributed by atoms with Crippen LogP contribution in [0.15, 0.2) is 24.5 Å². The fraction of sp³-hybridized carbons (Fsp3) is 0.421. The minimum atomic E-state index is 0.0837. The molecule has 3 aromatic rings. The van der Waals surface area contributed by atoms with E-state index < -0.39 is 0 Å². The number of likely N-dealkylation sites (tertiary alicyclic amines) is 1. The third-order valence-corrected chi connectivity index (χ3v) is 5.02. The molecular formula is C19H23N5O. The highest BCUT2D eigenvalue weighted by molar-refractivity contribution is 5.95. The Bertz CT molecular complexity index is 939. The van der Waals surface area contributed by atoms with Gasteiger partial charge >= 0.3 is 0 Å². The number of carbonyl (C=O) groups excluding carboxylic acids is 1. The lowest BCUT2D eigenvalue weighted by atomic mass is 9.94. The van der Waals surface area contributed by atoms with Gasteiger partial charge in [-0.2, -0.15) is 5.10 Å². The first kappa shape index (κ1) is 15.9. The highest BCUT2D eigenvalue weighted by atomic mass is 16.2. The number of aromatic nitrogens is 4. The second kappa shape index (κ2) is 6.02. The smallest absolute Gasteiger partial charge is 0.257 e. The van der Waals surface area contributed by atoms with Gasteiger partial charge in [-0.25, -0.2) is 4.98 Å². The third-order valence-electron chi connectivity index (χ3n) is 5.02. The van der Waals surface area contributed by atoms with Gasteiger partial charge < -0.3 is 9.88 Å². The summed E-state index contributed by atoms with van der Waals surface area (Å²) in [5, 5.41) is 5.44. The predicted octanol–water partition coefficient (Wildman–Crippen LogP) is 2.93. The van der Waals surface area contributed by atoms with Crippen LogP contribution in [-0.4, -0.2) is 43.6 Å². The summed E-state index contributed by atoms with van der Waals surface area (Å²) in [4.78, 5) is 22.7. The molecule has 0 aromatic carbocycles. The largest absolute Gasteiger partial charge is 0.343 e. The number of piperidine rings is 1. The summed E-state index contributed by atoms with van der Waals surface area (Å²) in [6, 6.07) is 4.33. The number of aryl methyl sites for hydroxylation is 3. The van der Waals surface area contributed by atoms with E-state index >= 15 is 0 Å². The molecule has 0 unspecified atom stereocenters. The number of rotatable bonds is 2. The first-order valence-corrected chi connectivity index (χ1v) is 8.76. The molecule has 130 valence electrons. The van der Waals surface area contributed by atoms with Crippen LogP contribution >= 0.6 is 0 Å². The van der Waals surface area contributed by atoms with Crippen LogP contribution in [0.4, 0.5) is 0 Å². The molecule has 0 bridgehead atoms. The summed E-state index contributed by atoms with van der Waals surface area (Å²) < 4.78 is 1.70. The Labute approximate surface area is 146 Å². The molecule has 4 heterocycles. The van der Waals surface area contributed by atoms with Crippen molar-refractivity contribution in [2.45, 2.75) is 32.6 Å². The second-order valence-corrected chi connectivity index (χ2v) is 7.07. The number of fused-ring (bicyclic) bond motifs is 1. The zero-order valence-electron chi connectivity index (χ0n) is 14.9. The molecule has 0 radical (unpaired) electrons. The first-order chi connectivity index (χ1) is 12.0. The first-order valence-electron chi connectivity index (χ1n) is 8.76. The van der Waals surface area contributed by atoms with Gasteiger partial charge in [0.2, 0.25) is 0 Å². The predicted molar refractivity (Wildman–Crippen MR) is 96.7 cm³/mol. The number of hydrogen-bond donors (Lipinski definition) is 1. The highest BCUT2D eigenvalue weighted by Gasteiger charge is 2.28. The van der Waals surface area contributed by atoms with Crippen molar-refractivity contribution in [3.05, 3.63) is 47.0 Å². The van der Waals surface area contributed by atoms with Crippen molar-refractivity contribution in [1.29, 1.82) is 0 Å². The van der Waals surface area contributed by atoms with Gasteiger partial charge in [-0.15, -0.1) is 0 Å². The topological polar surface area (TPSA) is 66.8 Å². The maximum absolute atomic E-state index is 12.9. The van der Waals surface area contributed by atoms with E-state index in [-0.39, 0.29) is 5.91 Å². The molecule has 1 fully saturated rings. The molecule has 1 aliphatic heterocycles. The Kier molecular flexibility index (Phi) is 3.82. The molecule has 4 rings (SSSR count). The number of nitrogens with one attached hydrogen (secondary N) is 1. The van der Waals surface area contributed by atoms with E-state index in [9.17, 15) is 4.79 Å². The van der Waals surface area contributed by atoms with Crippen molar-refractivity contribution in [2.24, 2.45) is 7.05 Å². The van der Waals surface area contributed by atoms with Gasteiger partial charge in [-0.1, -0.05) is 0 Å². The Balaban J connectivity index is 1.57. The van der Waals surface area contributed by atoms with Crippen LogP contribution in [0.5, 0.6) is 0 Å². The number of carbonyl (C=O) groups is 1. The molecule has 1 atom stereocenters. The molecule has 0 aliphatic carbocycles. The van der Waals surface area contributed by atoms with E-state index in [0.29, 0.717) is 11.5 Å². The number of aromatic amines is 1. The van der Waals surface area contributed by atoms with Crippen molar-refractivity contribution < 1.29 is 4.79 Å². The maximum Gasteiger partial charge on any atom is 0.257 e. The van der Waals surface area contributed by atoms with E-state index in [4.69, 9.17) is 0 Å². The van der Waals surface area contributed by atoms with E-state index in [1.54, 1.807) is 4.68 Å². The zero-order valence-corrected chi connectivity index (χ0v) is 14.9. The molecule has 6 nitrogen and oxygen atoms in total. The van der Waals surface area contributed by atoms with Crippen molar-refractivity contribution in [2.75, 3.05) is 13.1 Å². The zero-order chi connectivity index (χ0) is 17.6. The normalized spacial score (nSPS) is 18.0. The number of H-pyrrole nitrogens is 1. The molecule has 3 aromatic heterocycles. The van der Waals surface area contributed by atoms with Crippen LogP contribution in [0.25, 0.3) is 11.0 Å². The van der Waals surface area contributed by atoms with E-state index in [1.165, 1.54) is 5.69 Å². The standard InChI is InChI=1S/C19H23N5O/c1-12-7-15-8-17(21-18(15)20-9-12)14-5-4-6-24(10-14)19(25)16-11-23(3)22-13(16)2/h7-9,11,14H,4-6,10H2,1-3H3,(H,20,21)/t14-/m1/s1. The Morgan fingerprint density at radius 1 is 1.32 bits per heavy atom. The lowest BCUT2D eigenvalue weighted by Crippen LogP contribution is -2.39. The van der Waals surface area contributed by atoms with E-state index in [1.807, 2.05) is 31.3 Å². The number of pyridine rings is 1. The number of nitrogens with zero attached hydrogens (tertiary/aromatic N) is 4. The maximum atomic E-state index is 12.9. The summed E-state index contributed by atoms with van der Waals surface area (Å²) in [5.41, 5.74) is 4.75. The Morgan fingerprint density at radius 3 is 2.92 bits per heavy atom. The molecule has 1 N–H and O–H groups in total. The van der Waals surface area contributed by atoms with Gasteiger partial charge in [-0.3, -0.25) is 9.48 Å². The fourth-order valence-electron chi connectivity index (χ4n) is 3.76. The monoisotopic (exact) mass is 337 g/mol. The van der Waals surface area contributed by atoms with E-state index in [0.717, 1.165) is 48.2 Å². The summed E-state index contributed by atoms with van der Waals surface area (Å²) in [6.45, 7) is 5.48. The molecule has 1 amide bonds. The quantitative estimate of drug-likeness (QED) is 0.782. The number of hydrogen-bond acceptors (Lipinski definition) is 3. The Morgan fingerprint density at radius 2 is 2.16 bits per heavy atom. The lowest BCUT2D eigenvalue weighted by Gasteiger charge is -2.32. The second-order valence-electron chi connectivity index (χ2n) is 7.07. The average molecular weight is 337 g/mol. The Hall–Kier alpha value is -2.63. The molecular weight excluding hydrogens is 314 g/mol. The van der Waals surface area contributed by atoms with Gasteiger partial charge in [0, 0.05) is 49.5 Å². The number of amides is 1. The minimum absolute atomic E-state index is 0.0837. The van der Waals surface area contributed by atoms with Crippen LogP contribution in [0.3, 0.4) is 0 Å². The SMILES string of the molecule is Cc1cnc2[nH]c([C@@H]3CCCN(C(=O)c4cn(C)nc4C)C3)cc2c1. The molecule has 0 saturated carbocycles. The fourth-order valence-corrected chi connectivity index (χ4v) is 3.76. The summed E-state index contributed by atoms with van der Waals surface area (Å²) in [5.74, 6) is 0.407. The molecule has 1 aliphatic rings. The molecule has 6 heteroatoms. The van der Waals surface area contributed by atoms with Gasteiger partial charge in [-0.05, 0) is 44.4 Å². The van der Waals surface area contributed by atoms with Crippen molar-refractivity contribution in [1.82, 2.24) is 24.6 Å². The van der Waals surface area contributed by atoms with Crippen LogP contribution in [0, 0.1) is 13.8 Å². The van der Waals surface area contributed by atoms with Gasteiger partial charge in [0.15, 0.2) is 0 Å². The molecule has 0 spiro atoms. The van der Waals surface area contributed by atoms with Crippen LogP contribution < -0.4 is 0 Å². The molecule has 1 saturated heterocycles. The summed E-state index contributed by atoms with van der Waals surface area (Å²) in [7, 11) is 1.85. The van der Waals surface area contributed by atoms with Crippen molar-refractivity contribution in [3.8, 4) is 0 Å². The van der Waals surface area contributed by atoms with Gasteiger partial charge in [0.05, 0.1) is 11.3 Å². The van der Waals surface area contributed by atoms with Crippen molar-refractivity contribution >= 4 is 16.9 Å².